The minimum Gasteiger partial charge on any atom is -0.322 e. The van der Waals surface area contributed by atoms with Crippen LogP contribution in [0.1, 0.15) is 10.4 Å². The van der Waals surface area contributed by atoms with Gasteiger partial charge in [0.2, 0.25) is 0 Å². The van der Waals surface area contributed by atoms with E-state index in [0.717, 1.165) is 9.20 Å². The lowest BCUT2D eigenvalue weighted by atomic mass is 10.2. The van der Waals surface area contributed by atoms with E-state index in [-0.39, 0.29) is 16.1 Å². The van der Waals surface area contributed by atoms with Gasteiger partial charge in [-0.05, 0) is 54.8 Å². The topological polar surface area (TPSA) is 66.5 Å². The Labute approximate surface area is 173 Å². The Morgan fingerprint density at radius 1 is 1.00 bits per heavy atom. The van der Waals surface area contributed by atoms with Crippen molar-refractivity contribution in [2.75, 3.05) is 22.9 Å². The maximum atomic E-state index is 14.0. The molecule has 0 aliphatic carbocycles. The number of anilines is 2. The first kappa shape index (κ1) is 20.9. The van der Waals surface area contributed by atoms with Crippen molar-refractivity contribution < 1.29 is 17.6 Å². The van der Waals surface area contributed by atoms with Crippen molar-refractivity contribution in [3.63, 3.8) is 0 Å². The van der Waals surface area contributed by atoms with Gasteiger partial charge in [-0.3, -0.25) is 9.10 Å². The van der Waals surface area contributed by atoms with E-state index in [0.29, 0.717) is 5.69 Å². The van der Waals surface area contributed by atoms with Gasteiger partial charge in [-0.1, -0.05) is 24.3 Å². The summed E-state index contributed by atoms with van der Waals surface area (Å²) in [7, 11) is -2.77. The monoisotopic (exact) mass is 430 g/mol. The van der Waals surface area contributed by atoms with E-state index in [9.17, 15) is 17.6 Å². The van der Waals surface area contributed by atoms with Crippen LogP contribution in [0.4, 0.5) is 15.8 Å². The molecule has 0 unspecified atom stereocenters. The Morgan fingerprint density at radius 3 is 2.45 bits per heavy atom. The van der Waals surface area contributed by atoms with Crippen molar-refractivity contribution in [2.24, 2.45) is 0 Å². The number of hydrogen-bond acceptors (Lipinski definition) is 4. The van der Waals surface area contributed by atoms with Crippen LogP contribution in [0.25, 0.3) is 0 Å². The molecular weight excluding hydrogens is 411 g/mol. The molecule has 1 amide bonds. The zero-order valence-electron chi connectivity index (χ0n) is 15.8. The molecule has 0 heterocycles. The van der Waals surface area contributed by atoms with Crippen LogP contribution in [-0.4, -0.2) is 27.6 Å². The summed E-state index contributed by atoms with van der Waals surface area (Å²) in [6.45, 7) is 0. The number of carbonyl (C=O) groups excluding carboxylic acids is 1. The fourth-order valence-corrected chi connectivity index (χ4v) is 4.41. The molecule has 0 aliphatic heterocycles. The van der Waals surface area contributed by atoms with Crippen LogP contribution < -0.4 is 9.62 Å². The highest BCUT2D eigenvalue weighted by atomic mass is 32.2. The van der Waals surface area contributed by atoms with Crippen LogP contribution in [0.15, 0.2) is 82.6 Å². The summed E-state index contributed by atoms with van der Waals surface area (Å²) in [4.78, 5) is 13.5. The first-order valence-corrected chi connectivity index (χ1v) is 11.3. The second kappa shape index (κ2) is 8.67. The molecule has 29 heavy (non-hydrogen) atoms. The van der Waals surface area contributed by atoms with Gasteiger partial charge >= 0.3 is 0 Å². The van der Waals surface area contributed by atoms with E-state index in [1.807, 2.05) is 24.5 Å². The van der Waals surface area contributed by atoms with Crippen molar-refractivity contribution >= 4 is 39.1 Å². The van der Waals surface area contributed by atoms with E-state index >= 15 is 0 Å². The second-order valence-electron chi connectivity index (χ2n) is 6.14. The number of benzene rings is 3. The highest BCUT2D eigenvalue weighted by Gasteiger charge is 2.24. The Balaban J connectivity index is 1.88. The van der Waals surface area contributed by atoms with Crippen LogP contribution in [0.3, 0.4) is 0 Å². The molecule has 0 saturated carbocycles. The molecule has 3 aromatic carbocycles. The predicted molar refractivity (Wildman–Crippen MR) is 115 cm³/mol. The fraction of sp³-hybridized carbons (Fsp3) is 0.0952. The molecule has 0 bridgehead atoms. The van der Waals surface area contributed by atoms with Crippen LogP contribution >= 0.6 is 11.8 Å². The number of sulfonamides is 1. The van der Waals surface area contributed by atoms with Crippen molar-refractivity contribution in [1.29, 1.82) is 0 Å². The maximum Gasteiger partial charge on any atom is 0.264 e. The lowest BCUT2D eigenvalue weighted by Crippen LogP contribution is -2.27. The van der Waals surface area contributed by atoms with Gasteiger partial charge in [0, 0.05) is 23.2 Å². The summed E-state index contributed by atoms with van der Waals surface area (Å²) in [5, 5.41) is 2.76. The minimum absolute atomic E-state index is 0.0729. The Bertz CT molecular complexity index is 1150. The highest BCUT2D eigenvalue weighted by Crippen LogP contribution is 2.25. The number of nitrogens with one attached hydrogen (secondary N) is 1. The average Bonchev–Trinajstić information content (AvgIpc) is 2.73. The molecule has 3 aromatic rings. The third-order valence-corrected chi connectivity index (χ3v) is 6.77. The van der Waals surface area contributed by atoms with Gasteiger partial charge in [-0.2, -0.15) is 0 Å². The van der Waals surface area contributed by atoms with Crippen molar-refractivity contribution in [3.8, 4) is 0 Å². The van der Waals surface area contributed by atoms with E-state index in [1.54, 1.807) is 23.9 Å². The number of carbonyl (C=O) groups is 1. The Hall–Kier alpha value is -2.84. The lowest BCUT2D eigenvalue weighted by molar-refractivity contribution is 0.102. The molecule has 5 nitrogen and oxygen atoms in total. The van der Waals surface area contributed by atoms with Gasteiger partial charge in [0.15, 0.2) is 0 Å². The molecular formula is C21H19FN2O3S2. The fourth-order valence-electron chi connectivity index (χ4n) is 2.70. The molecule has 8 heteroatoms. The van der Waals surface area contributed by atoms with Gasteiger partial charge in [0.05, 0.1) is 10.6 Å². The van der Waals surface area contributed by atoms with E-state index in [2.05, 4.69) is 5.32 Å². The largest absolute Gasteiger partial charge is 0.322 e. The van der Waals surface area contributed by atoms with E-state index in [1.165, 1.54) is 49.5 Å². The molecule has 0 radical (unpaired) electrons. The molecule has 1 N–H and O–H groups in total. The molecule has 0 fully saturated rings. The number of nitrogens with zero attached hydrogens (tertiary/aromatic N) is 1. The quantitative estimate of drug-likeness (QED) is 0.579. The number of thioether (sulfide) groups is 1. The highest BCUT2D eigenvalue weighted by molar-refractivity contribution is 7.98. The van der Waals surface area contributed by atoms with E-state index < -0.39 is 21.7 Å². The molecule has 0 aliphatic rings. The molecule has 0 aromatic heterocycles. The van der Waals surface area contributed by atoms with Gasteiger partial charge in [-0.15, -0.1) is 11.8 Å². The van der Waals surface area contributed by atoms with Crippen LogP contribution in [0, 0.1) is 5.82 Å². The van der Waals surface area contributed by atoms with Gasteiger partial charge in [0.1, 0.15) is 5.82 Å². The third kappa shape index (κ3) is 4.60. The molecule has 0 atom stereocenters. The summed E-state index contributed by atoms with van der Waals surface area (Å²) in [5.74, 6) is -1.09. The summed E-state index contributed by atoms with van der Waals surface area (Å²) >= 11 is 1.55. The van der Waals surface area contributed by atoms with Gasteiger partial charge in [-0.25, -0.2) is 12.8 Å². The average molecular weight is 431 g/mol. The molecule has 0 saturated heterocycles. The van der Waals surface area contributed by atoms with Crippen molar-refractivity contribution in [1.82, 2.24) is 0 Å². The summed E-state index contributed by atoms with van der Waals surface area (Å²) < 4.78 is 40.7. The number of rotatable bonds is 6. The zero-order valence-corrected chi connectivity index (χ0v) is 17.4. The lowest BCUT2D eigenvalue weighted by Gasteiger charge is -2.20. The summed E-state index contributed by atoms with van der Waals surface area (Å²) in [6.07, 6.45) is 1.93. The standard InChI is InChI=1S/C21H19FN2O3S2/c1-24(20-12-4-3-11-19(20)22)29(26,27)18-10-5-7-15(13-18)21(25)23-16-8-6-9-17(14-16)28-2/h3-14H,1-2H3,(H,23,25). The summed E-state index contributed by atoms with van der Waals surface area (Å²) in [6, 6.07) is 18.6. The number of para-hydroxylation sites is 1. The predicted octanol–water partition coefficient (Wildman–Crippen LogP) is 4.63. The SMILES string of the molecule is CSc1cccc(NC(=O)c2cccc(S(=O)(=O)N(C)c3ccccc3F)c2)c1. The van der Waals surface area contributed by atoms with Crippen molar-refractivity contribution in [3.05, 3.63) is 84.2 Å². The number of hydrogen-bond donors (Lipinski definition) is 1. The Morgan fingerprint density at radius 2 is 1.72 bits per heavy atom. The van der Waals surface area contributed by atoms with Crippen LogP contribution in [0.5, 0.6) is 0 Å². The van der Waals surface area contributed by atoms with Crippen molar-refractivity contribution in [2.45, 2.75) is 9.79 Å². The number of halogens is 1. The normalized spacial score (nSPS) is 11.1. The maximum absolute atomic E-state index is 14.0. The molecule has 0 spiro atoms. The van der Waals surface area contributed by atoms with Crippen LogP contribution in [-0.2, 0) is 10.0 Å². The Kier molecular flexibility index (Phi) is 6.24. The number of amides is 1. The van der Waals surface area contributed by atoms with Gasteiger partial charge < -0.3 is 5.32 Å². The molecule has 3 rings (SSSR count). The zero-order chi connectivity index (χ0) is 21.0. The van der Waals surface area contributed by atoms with Crippen LogP contribution in [0.2, 0.25) is 0 Å². The molecule has 150 valence electrons. The third-order valence-electron chi connectivity index (χ3n) is 4.27. The minimum atomic E-state index is -4.04. The van der Waals surface area contributed by atoms with E-state index in [4.69, 9.17) is 0 Å². The second-order valence-corrected chi connectivity index (χ2v) is 8.99. The summed E-state index contributed by atoms with van der Waals surface area (Å²) in [5.41, 5.74) is 0.720. The first-order valence-electron chi connectivity index (χ1n) is 8.62. The first-order chi connectivity index (χ1) is 13.8. The smallest absolute Gasteiger partial charge is 0.264 e. The van der Waals surface area contributed by atoms with Gasteiger partial charge in [0.25, 0.3) is 15.9 Å².